The van der Waals surface area contributed by atoms with Crippen LogP contribution in [-0.2, 0) is 54.3 Å². The van der Waals surface area contributed by atoms with Gasteiger partial charge >= 0.3 is 41.8 Å². The number of carboxylic acids is 6. The van der Waals surface area contributed by atoms with Crippen molar-refractivity contribution in [2.75, 3.05) is 105 Å². The number of aliphatic carboxylic acids is 6. The average Bonchev–Trinajstić information content (AvgIpc) is 3.39. The minimum atomic E-state index is -1.62. The van der Waals surface area contributed by atoms with Crippen molar-refractivity contribution < 1.29 is 83.3 Å². The van der Waals surface area contributed by atoms with Gasteiger partial charge in [0, 0.05) is 84.2 Å². The van der Waals surface area contributed by atoms with Crippen molar-refractivity contribution in [2.45, 2.75) is 69.5 Å². The fourth-order valence-electron chi connectivity index (χ4n) is 9.78. The Labute approximate surface area is 455 Å². The highest BCUT2D eigenvalue weighted by Crippen LogP contribution is 2.31. The van der Waals surface area contributed by atoms with E-state index in [4.69, 9.17) is 9.84 Å². The van der Waals surface area contributed by atoms with E-state index in [1.54, 1.807) is 14.7 Å². The number of benzene rings is 3. The molecule has 26 nitrogen and oxygen atoms in total. The van der Waals surface area contributed by atoms with Crippen LogP contribution in [0, 0.1) is 11.8 Å². The summed E-state index contributed by atoms with van der Waals surface area (Å²) in [5.41, 5.74) is 0.831. The Morgan fingerprint density at radius 1 is 0.557 bits per heavy atom. The maximum absolute atomic E-state index is 14.1. The van der Waals surface area contributed by atoms with Crippen LogP contribution >= 0.6 is 0 Å². The van der Waals surface area contributed by atoms with Crippen LogP contribution in [0.4, 0.5) is 4.79 Å². The Balaban J connectivity index is 1.17. The molecule has 11 N–H and O–H groups in total. The molecule has 432 valence electrons. The van der Waals surface area contributed by atoms with Gasteiger partial charge in [-0.15, -0.1) is 0 Å². The fraction of sp³-hybridized carbons (Fsp3) is 0.547. The van der Waals surface area contributed by atoms with Gasteiger partial charge in [0.15, 0.2) is 6.04 Å². The van der Waals surface area contributed by atoms with Gasteiger partial charge in [-0.2, -0.15) is 0 Å². The van der Waals surface area contributed by atoms with Crippen molar-refractivity contribution in [2.24, 2.45) is 11.8 Å². The minimum Gasteiger partial charge on any atom is -0.481 e. The molecule has 3 aromatic rings. The number of urea groups is 1. The first-order valence-corrected chi connectivity index (χ1v) is 26.4. The van der Waals surface area contributed by atoms with Gasteiger partial charge in [0.05, 0.1) is 39.4 Å². The third kappa shape index (κ3) is 21.7. The van der Waals surface area contributed by atoms with Gasteiger partial charge in [-0.05, 0) is 77.6 Å². The molecule has 79 heavy (non-hydrogen) atoms. The standard InChI is InChI=1S/C53H73N9O17/c63-44(29-59-17-19-60(30-46(66)67)21-23-62(32-48(70)71)24-22-61(20-18-59)31-47(68)69)55-28-34-12-14-35(15-13-34)49(72)56-42(27-40-38-8-3-1-6-36(38)26-37-7-2-4-9-39(37)40)50(73)54-16-25-79-33-43(52(76)77)58-53(78)57-41(51(74)75)10-5-11-45(64)65/h1-4,6-9,26,34-35,41-43H,5,10-25,27-33H2,(H,54,73)(H,55,63)(H,56,72)(H,64,65)(H,66,67)(H,68,69)(H,70,71)(H,74,75)(H,76,77)(H2,57,58,78)/t34-,35-,41-,42-,43-/m0/s1. The van der Waals surface area contributed by atoms with E-state index in [0.717, 1.165) is 27.1 Å². The van der Waals surface area contributed by atoms with Gasteiger partial charge in [-0.3, -0.25) is 53.2 Å². The van der Waals surface area contributed by atoms with Crippen LogP contribution in [0.1, 0.15) is 50.5 Å². The summed E-state index contributed by atoms with van der Waals surface area (Å²) in [7, 11) is 0. The summed E-state index contributed by atoms with van der Waals surface area (Å²) in [5, 5.41) is 73.3. The monoisotopic (exact) mass is 1110 g/mol. The molecule has 0 unspecified atom stereocenters. The van der Waals surface area contributed by atoms with Gasteiger partial charge in [0.2, 0.25) is 17.7 Å². The molecule has 3 atom stereocenters. The quantitative estimate of drug-likeness (QED) is 0.0337. The molecule has 5 rings (SSSR count). The zero-order chi connectivity index (χ0) is 57.4. The molecule has 2 aliphatic rings. The lowest BCUT2D eigenvalue weighted by Crippen LogP contribution is -2.52. The summed E-state index contributed by atoms with van der Waals surface area (Å²) in [4.78, 5) is 130. The lowest BCUT2D eigenvalue weighted by Gasteiger charge is -2.33. The van der Waals surface area contributed by atoms with Crippen LogP contribution < -0.4 is 26.6 Å². The second kappa shape index (κ2) is 31.8. The predicted molar refractivity (Wildman–Crippen MR) is 284 cm³/mol. The molecular formula is C53H73N9O17. The first-order chi connectivity index (χ1) is 37.7. The summed E-state index contributed by atoms with van der Waals surface area (Å²) in [5.74, 6) is -8.82. The predicted octanol–water partition coefficient (Wildman–Crippen LogP) is 0.0116. The molecule has 0 aromatic heterocycles. The molecule has 0 spiro atoms. The molecular weight excluding hydrogens is 1030 g/mol. The highest BCUT2D eigenvalue weighted by molar-refractivity contribution is 6.03. The van der Waals surface area contributed by atoms with Crippen molar-refractivity contribution in [3.8, 4) is 0 Å². The molecule has 0 radical (unpaired) electrons. The van der Waals surface area contributed by atoms with E-state index in [-0.39, 0.29) is 135 Å². The van der Waals surface area contributed by atoms with Crippen molar-refractivity contribution in [3.05, 3.63) is 60.2 Å². The third-order valence-corrected chi connectivity index (χ3v) is 14.0. The Morgan fingerprint density at radius 3 is 1.52 bits per heavy atom. The number of carbonyl (C=O) groups is 10. The van der Waals surface area contributed by atoms with E-state index < -0.39 is 78.4 Å². The maximum Gasteiger partial charge on any atom is 0.328 e. The normalized spacial score (nSPS) is 18.4. The van der Waals surface area contributed by atoms with Gasteiger partial charge < -0.3 is 62.0 Å². The van der Waals surface area contributed by atoms with Gasteiger partial charge in [-0.1, -0.05) is 48.5 Å². The van der Waals surface area contributed by atoms with E-state index >= 15 is 0 Å². The van der Waals surface area contributed by atoms with Gasteiger partial charge in [0.25, 0.3) is 0 Å². The summed E-state index contributed by atoms with van der Waals surface area (Å²) in [6, 6.07) is 12.2. The number of hydrogen-bond donors (Lipinski definition) is 11. The summed E-state index contributed by atoms with van der Waals surface area (Å²) in [6.45, 7) is 0.611. The fourth-order valence-corrected chi connectivity index (χ4v) is 9.78. The van der Waals surface area contributed by atoms with E-state index in [1.165, 1.54) is 0 Å². The van der Waals surface area contributed by atoms with Crippen LogP contribution in [-0.4, -0.2) is 233 Å². The van der Waals surface area contributed by atoms with Crippen LogP contribution in [0.15, 0.2) is 54.6 Å². The number of fused-ring (bicyclic) bond motifs is 2. The van der Waals surface area contributed by atoms with Gasteiger partial charge in [0.1, 0.15) is 12.1 Å². The number of nitrogens with zero attached hydrogens (tertiary/aromatic N) is 4. The highest BCUT2D eigenvalue weighted by atomic mass is 16.5. The molecule has 0 bridgehead atoms. The first-order valence-electron chi connectivity index (χ1n) is 26.4. The number of nitrogens with one attached hydrogen (secondary N) is 5. The van der Waals surface area contributed by atoms with Crippen molar-refractivity contribution >= 4 is 81.1 Å². The SMILES string of the molecule is O=C(O)CCC[C@H](NC(=O)N[C@@H](COCCNC(=O)[C@H](Cc1c2ccccc2cc2ccccc12)NC(=O)[C@H]1CC[C@H](CNC(=O)CN2CCN(CC(=O)O)CCN(CC(=O)O)CCN(CC(=O)O)CC2)CC1)C(=O)O)C(=O)O. The molecule has 1 aliphatic carbocycles. The summed E-state index contributed by atoms with van der Waals surface area (Å²) >= 11 is 0. The van der Waals surface area contributed by atoms with Crippen molar-refractivity contribution in [1.82, 2.24) is 46.2 Å². The molecule has 5 amide bonds. The summed E-state index contributed by atoms with van der Waals surface area (Å²) in [6.07, 6.45) is 1.64. The van der Waals surface area contributed by atoms with Crippen LogP contribution in [0.25, 0.3) is 21.5 Å². The van der Waals surface area contributed by atoms with Crippen molar-refractivity contribution in [3.63, 3.8) is 0 Å². The number of hydrogen-bond acceptors (Lipinski definition) is 15. The lowest BCUT2D eigenvalue weighted by atomic mass is 9.81. The first kappa shape index (κ1) is 62.3. The Kier molecular flexibility index (Phi) is 25.1. The second-order valence-corrected chi connectivity index (χ2v) is 19.9. The smallest absolute Gasteiger partial charge is 0.328 e. The Hall–Kier alpha value is -7.52. The maximum atomic E-state index is 14.1. The molecule has 1 aliphatic heterocycles. The average molecular weight is 1110 g/mol. The van der Waals surface area contributed by atoms with Gasteiger partial charge in [-0.25, -0.2) is 14.4 Å². The highest BCUT2D eigenvalue weighted by Gasteiger charge is 2.32. The topological polar surface area (TPSA) is 374 Å². The van der Waals surface area contributed by atoms with Crippen LogP contribution in [0.5, 0.6) is 0 Å². The number of amides is 5. The van der Waals surface area contributed by atoms with E-state index in [9.17, 15) is 73.5 Å². The molecule has 2 fully saturated rings. The van der Waals surface area contributed by atoms with Crippen LogP contribution in [0.3, 0.4) is 0 Å². The summed E-state index contributed by atoms with van der Waals surface area (Å²) < 4.78 is 5.50. The number of ether oxygens (including phenoxy) is 1. The number of rotatable bonds is 28. The van der Waals surface area contributed by atoms with E-state index in [2.05, 4.69) is 26.6 Å². The van der Waals surface area contributed by atoms with Crippen molar-refractivity contribution in [1.29, 1.82) is 0 Å². The number of carbonyl (C=O) groups excluding carboxylic acids is 4. The van der Waals surface area contributed by atoms with Crippen LogP contribution in [0.2, 0.25) is 0 Å². The number of carboxylic acid groups (broad SMARTS) is 6. The van der Waals surface area contributed by atoms with E-state index in [0.29, 0.717) is 32.2 Å². The molecule has 1 saturated heterocycles. The van der Waals surface area contributed by atoms with E-state index in [1.807, 2.05) is 59.5 Å². The second-order valence-electron chi connectivity index (χ2n) is 19.9. The largest absolute Gasteiger partial charge is 0.481 e. The lowest BCUT2D eigenvalue weighted by molar-refractivity contribution is -0.141. The molecule has 1 heterocycles. The molecule has 3 aromatic carbocycles. The Morgan fingerprint density at radius 2 is 1.04 bits per heavy atom. The Bertz CT molecular complexity index is 2530. The molecule has 1 saturated carbocycles. The zero-order valence-corrected chi connectivity index (χ0v) is 44.0. The third-order valence-electron chi connectivity index (χ3n) is 14.0. The zero-order valence-electron chi connectivity index (χ0n) is 44.0. The molecule has 26 heteroatoms. The minimum absolute atomic E-state index is 0.0359.